The zero-order chi connectivity index (χ0) is 45.6. The van der Waals surface area contributed by atoms with Gasteiger partial charge < -0.3 is 9.47 Å². The maximum atomic E-state index is 14.0. The van der Waals surface area contributed by atoms with E-state index in [1.165, 1.54) is 54.6 Å². The molecule has 0 fully saturated rings. The molecule has 5 rings (SSSR count). The number of nitrogens with zero attached hydrogens (tertiary/aromatic N) is 10. The summed E-state index contributed by atoms with van der Waals surface area (Å²) in [5, 5.41) is 18.2. The second kappa shape index (κ2) is 21.4. The monoisotopic (exact) mass is 858 g/mol. The van der Waals surface area contributed by atoms with E-state index in [0.717, 1.165) is 27.4 Å². The van der Waals surface area contributed by atoms with Crippen LogP contribution in [0.2, 0.25) is 0 Å². The number of isocyanates is 2. The maximum Gasteiger partial charge on any atom is 0.345 e. The molecular formula is C43H42N10O10. The number of aryl methyl sites for hydroxylation is 3. The van der Waals surface area contributed by atoms with E-state index < -0.39 is 34.1 Å². The molecule has 0 aliphatic rings. The molecule has 5 aromatic rings. The smallest absolute Gasteiger partial charge is 0.345 e. The van der Waals surface area contributed by atoms with Gasteiger partial charge in [0.2, 0.25) is 12.2 Å². The van der Waals surface area contributed by atoms with Crippen molar-refractivity contribution < 1.29 is 19.1 Å². The molecule has 3 aromatic carbocycles. The average molecular weight is 859 g/mol. The molecule has 63 heavy (non-hydrogen) atoms. The summed E-state index contributed by atoms with van der Waals surface area (Å²) in [6.45, 7) is 5.05. The first-order valence-corrected chi connectivity index (χ1v) is 19.9. The number of rotatable bonds is 20. The van der Waals surface area contributed by atoms with Crippen LogP contribution in [0.5, 0.6) is 11.5 Å². The van der Waals surface area contributed by atoms with Crippen molar-refractivity contribution in [3.05, 3.63) is 134 Å². The molecule has 0 aliphatic heterocycles. The van der Waals surface area contributed by atoms with Gasteiger partial charge in [0.05, 0.1) is 29.3 Å². The van der Waals surface area contributed by atoms with Crippen LogP contribution < -0.4 is 43.6 Å². The Balaban J connectivity index is 1.43. The highest BCUT2D eigenvalue weighted by Crippen LogP contribution is 2.23. The van der Waals surface area contributed by atoms with Gasteiger partial charge in [-0.2, -0.15) is 4.99 Å². The first-order chi connectivity index (χ1) is 30.4. The third-order valence-electron chi connectivity index (χ3n) is 10.3. The van der Waals surface area contributed by atoms with Crippen LogP contribution in [-0.2, 0) is 29.2 Å². The topological polar surface area (TPSA) is 257 Å². The number of aliphatic imine (C=N–C) groups is 2. The Bertz CT molecular complexity index is 3090. The highest BCUT2D eigenvalue weighted by atomic mass is 16.5. The van der Waals surface area contributed by atoms with E-state index in [0.29, 0.717) is 61.8 Å². The lowest BCUT2D eigenvalue weighted by Gasteiger charge is -2.16. The molecule has 0 unspecified atom stereocenters. The normalized spacial score (nSPS) is 10.6. The van der Waals surface area contributed by atoms with Crippen LogP contribution in [0.25, 0.3) is 17.1 Å². The third-order valence-corrected chi connectivity index (χ3v) is 10.3. The molecular weight excluding hydrogens is 817 g/mol. The Labute approximate surface area is 357 Å². The fourth-order valence-electron chi connectivity index (χ4n) is 6.94. The quantitative estimate of drug-likeness (QED) is 0.0472. The van der Waals surface area contributed by atoms with Gasteiger partial charge in [-0.15, -0.1) is 10.5 Å². The van der Waals surface area contributed by atoms with Gasteiger partial charge in [0, 0.05) is 25.7 Å². The Morgan fingerprint density at radius 2 is 0.952 bits per heavy atom. The van der Waals surface area contributed by atoms with Crippen molar-refractivity contribution in [1.29, 1.82) is 10.5 Å². The largest absolute Gasteiger partial charge is 0.388 e. The minimum absolute atomic E-state index is 0.00113. The van der Waals surface area contributed by atoms with Crippen LogP contribution >= 0.6 is 0 Å². The van der Waals surface area contributed by atoms with Crippen LogP contribution in [0.1, 0.15) is 68.1 Å². The first-order valence-electron chi connectivity index (χ1n) is 19.9. The Kier molecular flexibility index (Phi) is 15.6. The zero-order valence-corrected chi connectivity index (χ0v) is 34.7. The van der Waals surface area contributed by atoms with Gasteiger partial charge in [-0.05, 0) is 99.5 Å². The highest BCUT2D eigenvalue weighted by Gasteiger charge is 2.21. The molecule has 0 N–H and O–H groups in total. The van der Waals surface area contributed by atoms with Crippen molar-refractivity contribution in [1.82, 2.24) is 27.4 Å². The number of hydrogen-bond donors (Lipinski definition) is 0. The zero-order valence-electron chi connectivity index (χ0n) is 34.7. The van der Waals surface area contributed by atoms with Crippen LogP contribution in [0.3, 0.4) is 0 Å². The van der Waals surface area contributed by atoms with E-state index in [4.69, 9.17) is 20.0 Å². The molecule has 2 heterocycles. The van der Waals surface area contributed by atoms with Crippen molar-refractivity contribution in [2.75, 3.05) is 6.54 Å². The lowest BCUT2D eigenvalue weighted by atomic mass is 10.2. The van der Waals surface area contributed by atoms with Gasteiger partial charge in [-0.1, -0.05) is 37.8 Å². The van der Waals surface area contributed by atoms with E-state index >= 15 is 0 Å². The number of aromatic nitrogens is 6. The molecule has 0 spiro atoms. The fourth-order valence-corrected chi connectivity index (χ4v) is 6.94. The summed E-state index contributed by atoms with van der Waals surface area (Å²) in [6, 6.07) is 13.1. The second-order valence-corrected chi connectivity index (χ2v) is 14.4. The molecule has 2 aromatic heterocycles. The van der Waals surface area contributed by atoms with Gasteiger partial charge in [0.15, 0.2) is 0 Å². The minimum atomic E-state index is -0.999. The predicted octanol–water partition coefficient (Wildman–Crippen LogP) is 3.39. The summed E-state index contributed by atoms with van der Waals surface area (Å²) in [6.07, 6.45) is 9.75. The highest BCUT2D eigenvalue weighted by molar-refractivity contribution is 5.57. The first kappa shape index (κ1) is 45.9. The van der Waals surface area contributed by atoms with Gasteiger partial charge in [0.1, 0.15) is 11.5 Å². The molecule has 0 aliphatic carbocycles. The maximum absolute atomic E-state index is 14.0. The van der Waals surface area contributed by atoms with E-state index in [-0.39, 0.29) is 66.7 Å². The lowest BCUT2D eigenvalue weighted by Crippen LogP contribution is -2.54. The Hall–Kier alpha value is -8.18. The molecule has 0 bridgehead atoms. The number of unbranched alkanes of at least 4 members (excludes halogenated alkanes) is 6. The van der Waals surface area contributed by atoms with E-state index in [9.17, 15) is 38.4 Å². The van der Waals surface area contributed by atoms with Gasteiger partial charge in [0.25, 0.3) is 12.5 Å². The van der Waals surface area contributed by atoms with Crippen molar-refractivity contribution in [2.24, 2.45) is 9.98 Å². The van der Waals surface area contributed by atoms with Crippen molar-refractivity contribution in [3.8, 4) is 41.1 Å². The molecule has 324 valence electrons. The predicted molar refractivity (Wildman–Crippen MR) is 227 cm³/mol. The van der Waals surface area contributed by atoms with Crippen LogP contribution in [0.15, 0.2) is 93.3 Å². The minimum Gasteiger partial charge on any atom is -0.388 e. The van der Waals surface area contributed by atoms with E-state index in [1.807, 2.05) is 0 Å². The van der Waals surface area contributed by atoms with E-state index in [1.54, 1.807) is 45.4 Å². The van der Waals surface area contributed by atoms with Crippen LogP contribution in [-0.4, -0.2) is 46.1 Å². The summed E-state index contributed by atoms with van der Waals surface area (Å²) >= 11 is 0. The van der Waals surface area contributed by atoms with Gasteiger partial charge >= 0.3 is 34.1 Å². The molecule has 20 nitrogen and oxygen atoms in total. The summed E-state index contributed by atoms with van der Waals surface area (Å²) in [7, 11) is 0. The molecule has 0 saturated heterocycles. The summed E-state index contributed by atoms with van der Waals surface area (Å²) in [5.74, 6) is 0.289. The van der Waals surface area contributed by atoms with Gasteiger partial charge in [-0.3, -0.25) is 0 Å². The second-order valence-electron chi connectivity index (χ2n) is 14.4. The van der Waals surface area contributed by atoms with E-state index in [2.05, 4.69) is 9.98 Å². The average Bonchev–Trinajstić information content (AvgIpc) is 3.25. The lowest BCUT2D eigenvalue weighted by molar-refractivity contribution is 0.445. The standard InChI is InChI=1S/C43H42N10O10/c1-29-12-14-33(23-35(29)47-28-55)51-39(57)48(19-9-5-4-8-18-46-27-54)38(56)49(40(51)58)20-10-6-7-11-21-50-41(59)52(32-16-17-36(62-25-44)31(3)22-32)43(61)53(42(50)60)34-15-13-30(2)37(24-34)63-26-45/h12-17,22-24H,4-11,18-21H2,1-3H3. The van der Waals surface area contributed by atoms with Gasteiger partial charge in [-0.25, -0.2) is 70.8 Å². The molecule has 0 amide bonds. The number of ether oxygens (including phenoxy) is 2. The molecule has 20 heteroatoms. The fraction of sp³-hybridized carbons (Fsp3) is 0.349. The summed E-state index contributed by atoms with van der Waals surface area (Å²) in [5.41, 5.74) is -3.47. The SMILES string of the molecule is Cc1ccc(-n2c(=O)n(CCCCCCN=C=O)c(=O)n(CCCCCCn3c(=O)n(-c4ccc(OC#N)c(C)c4)c(=O)n(-c4ccc(C)c(OC#N)c4)c3=O)c2=O)cc1N=C=O. The van der Waals surface area contributed by atoms with Crippen molar-refractivity contribution >= 4 is 17.8 Å². The van der Waals surface area contributed by atoms with Crippen molar-refractivity contribution in [2.45, 2.75) is 91.8 Å². The Morgan fingerprint density at radius 3 is 1.48 bits per heavy atom. The number of benzene rings is 3. The molecule has 0 radical (unpaired) electrons. The third kappa shape index (κ3) is 10.4. The van der Waals surface area contributed by atoms with Crippen molar-refractivity contribution in [3.63, 3.8) is 0 Å². The Morgan fingerprint density at radius 1 is 0.492 bits per heavy atom. The number of carbonyl (C=O) groups excluding carboxylic acids is 2. The van der Waals surface area contributed by atoms with Crippen LogP contribution in [0, 0.1) is 43.8 Å². The summed E-state index contributed by atoms with van der Waals surface area (Å²) in [4.78, 5) is 112. The molecule has 0 saturated carbocycles. The number of hydrogen-bond acceptors (Lipinski definition) is 14. The van der Waals surface area contributed by atoms with Crippen LogP contribution in [0.4, 0.5) is 5.69 Å². The molecule has 0 atom stereocenters. The summed E-state index contributed by atoms with van der Waals surface area (Å²) < 4.78 is 15.3. The number of nitriles is 2.